The molecule has 108 valence electrons. The Balaban J connectivity index is 2.15. The molecular formula is C14H17NO4S. The molecule has 1 heterocycles. The van der Waals surface area contributed by atoms with Gasteiger partial charge < -0.3 is 15.1 Å². The molecule has 0 saturated carbocycles. The number of carbonyl (C=O) groups is 2. The fourth-order valence-corrected chi connectivity index (χ4v) is 3.70. The third-order valence-electron chi connectivity index (χ3n) is 3.28. The van der Waals surface area contributed by atoms with E-state index in [0.29, 0.717) is 11.3 Å². The van der Waals surface area contributed by atoms with Crippen molar-refractivity contribution in [3.8, 4) is 5.75 Å². The zero-order valence-electron chi connectivity index (χ0n) is 11.2. The van der Waals surface area contributed by atoms with Crippen molar-refractivity contribution in [3.63, 3.8) is 0 Å². The number of carboxylic acid groups (broad SMARTS) is 1. The van der Waals surface area contributed by atoms with Crippen LogP contribution in [-0.4, -0.2) is 44.2 Å². The molecule has 5 nitrogen and oxygen atoms in total. The highest BCUT2D eigenvalue weighted by Crippen LogP contribution is 2.32. The third kappa shape index (κ3) is 3.07. The predicted molar refractivity (Wildman–Crippen MR) is 76.6 cm³/mol. The highest BCUT2D eigenvalue weighted by molar-refractivity contribution is 8.00. The quantitative estimate of drug-likeness (QED) is 0.884. The van der Waals surface area contributed by atoms with E-state index in [0.717, 1.165) is 6.42 Å². The summed E-state index contributed by atoms with van der Waals surface area (Å²) in [4.78, 5) is 25.1. The lowest BCUT2D eigenvalue weighted by atomic mass is 10.1. The molecular weight excluding hydrogens is 278 g/mol. The number of thioether (sulfide) groups is 1. The molecule has 1 saturated heterocycles. The van der Waals surface area contributed by atoms with Crippen molar-refractivity contribution in [3.05, 3.63) is 29.8 Å². The van der Waals surface area contributed by atoms with Gasteiger partial charge in [0, 0.05) is 5.75 Å². The van der Waals surface area contributed by atoms with E-state index in [9.17, 15) is 19.8 Å². The van der Waals surface area contributed by atoms with Gasteiger partial charge >= 0.3 is 5.97 Å². The summed E-state index contributed by atoms with van der Waals surface area (Å²) in [6.07, 6.45) is 0.829. The smallest absolute Gasteiger partial charge is 0.327 e. The Kier molecular flexibility index (Phi) is 4.54. The van der Waals surface area contributed by atoms with E-state index < -0.39 is 12.0 Å². The molecule has 2 N–H and O–H groups in total. The van der Waals surface area contributed by atoms with Crippen LogP contribution in [0.3, 0.4) is 0 Å². The maximum absolute atomic E-state index is 12.4. The zero-order chi connectivity index (χ0) is 14.7. The average molecular weight is 295 g/mol. The fourth-order valence-electron chi connectivity index (χ4n) is 2.34. The number of carbonyl (C=O) groups excluding carboxylic acids is 1. The van der Waals surface area contributed by atoms with Crippen LogP contribution >= 0.6 is 11.8 Å². The summed E-state index contributed by atoms with van der Waals surface area (Å²) < 4.78 is 0. The van der Waals surface area contributed by atoms with Gasteiger partial charge in [0.2, 0.25) is 5.91 Å². The Morgan fingerprint density at radius 1 is 1.45 bits per heavy atom. The number of carboxylic acids is 1. The van der Waals surface area contributed by atoms with Crippen LogP contribution in [0.1, 0.15) is 18.9 Å². The highest BCUT2D eigenvalue weighted by atomic mass is 32.2. The third-order valence-corrected chi connectivity index (χ3v) is 4.73. The lowest BCUT2D eigenvalue weighted by molar-refractivity contribution is -0.148. The second-order valence-corrected chi connectivity index (χ2v) is 5.91. The van der Waals surface area contributed by atoms with Crippen molar-refractivity contribution in [2.45, 2.75) is 31.2 Å². The van der Waals surface area contributed by atoms with Gasteiger partial charge in [-0.15, -0.1) is 11.8 Å². The molecule has 0 aliphatic carbocycles. The first-order chi connectivity index (χ1) is 9.52. The second kappa shape index (κ2) is 6.17. The van der Waals surface area contributed by atoms with Gasteiger partial charge in [-0.2, -0.15) is 0 Å². The van der Waals surface area contributed by atoms with Crippen molar-refractivity contribution >= 4 is 23.6 Å². The lowest BCUT2D eigenvalue weighted by Crippen LogP contribution is -2.46. The molecule has 6 heteroatoms. The first-order valence-electron chi connectivity index (χ1n) is 6.46. The molecule has 1 fully saturated rings. The maximum atomic E-state index is 12.4. The van der Waals surface area contributed by atoms with E-state index >= 15 is 0 Å². The summed E-state index contributed by atoms with van der Waals surface area (Å²) in [5, 5.41) is 18.5. The summed E-state index contributed by atoms with van der Waals surface area (Å²) in [7, 11) is 0. The summed E-state index contributed by atoms with van der Waals surface area (Å²) in [5.74, 6) is -0.634. The molecule has 0 bridgehead atoms. The number of hydrogen-bond acceptors (Lipinski definition) is 4. The minimum atomic E-state index is -0.960. The number of amides is 1. The van der Waals surface area contributed by atoms with Crippen LogP contribution in [0.2, 0.25) is 0 Å². The number of rotatable bonds is 4. The zero-order valence-corrected chi connectivity index (χ0v) is 12.0. The maximum Gasteiger partial charge on any atom is 0.327 e. The summed E-state index contributed by atoms with van der Waals surface area (Å²) in [5.41, 5.74) is 0.686. The number of nitrogens with zero attached hydrogens (tertiary/aromatic N) is 1. The van der Waals surface area contributed by atoms with Crippen molar-refractivity contribution in [1.82, 2.24) is 4.90 Å². The number of aliphatic carboxylic acids is 1. The van der Waals surface area contributed by atoms with Gasteiger partial charge in [0.1, 0.15) is 11.8 Å². The minimum absolute atomic E-state index is 0.0825. The van der Waals surface area contributed by atoms with Crippen LogP contribution in [0, 0.1) is 0 Å². The van der Waals surface area contributed by atoms with Crippen LogP contribution in [0.5, 0.6) is 5.75 Å². The van der Waals surface area contributed by atoms with Gasteiger partial charge in [0.25, 0.3) is 0 Å². The molecule has 1 aromatic carbocycles. The monoisotopic (exact) mass is 295 g/mol. The number of hydrogen-bond donors (Lipinski definition) is 2. The topological polar surface area (TPSA) is 77.8 Å². The van der Waals surface area contributed by atoms with Crippen LogP contribution in [-0.2, 0) is 16.0 Å². The van der Waals surface area contributed by atoms with E-state index in [1.807, 2.05) is 6.92 Å². The van der Waals surface area contributed by atoms with Gasteiger partial charge in [0.15, 0.2) is 0 Å². The molecule has 20 heavy (non-hydrogen) atoms. The lowest BCUT2D eigenvalue weighted by Gasteiger charge is -2.26. The molecule has 1 aliphatic heterocycles. The molecule has 0 radical (unpaired) electrons. The van der Waals surface area contributed by atoms with Gasteiger partial charge in [-0.1, -0.05) is 19.1 Å². The Bertz CT molecular complexity index is 520. The standard InChI is InChI=1S/C14H17NO4S/c1-2-13-15(11(8-20-13)14(18)19)12(17)7-9-4-3-5-10(16)6-9/h3-6,11,13,16H,2,7-8H2,1H3,(H,18,19). The van der Waals surface area contributed by atoms with Gasteiger partial charge in [-0.3, -0.25) is 4.79 Å². The van der Waals surface area contributed by atoms with Crippen molar-refractivity contribution < 1.29 is 19.8 Å². The summed E-state index contributed by atoms with van der Waals surface area (Å²) >= 11 is 1.50. The Morgan fingerprint density at radius 3 is 2.80 bits per heavy atom. The van der Waals surface area contributed by atoms with E-state index in [2.05, 4.69) is 0 Å². The van der Waals surface area contributed by atoms with Crippen LogP contribution in [0.4, 0.5) is 0 Å². The molecule has 0 spiro atoms. The van der Waals surface area contributed by atoms with Crippen LogP contribution < -0.4 is 0 Å². The Labute approximate surface area is 121 Å². The summed E-state index contributed by atoms with van der Waals surface area (Å²) in [6.45, 7) is 1.94. The Hall–Kier alpha value is -1.69. The van der Waals surface area contributed by atoms with E-state index in [-0.39, 0.29) is 23.5 Å². The van der Waals surface area contributed by atoms with Crippen LogP contribution in [0.15, 0.2) is 24.3 Å². The molecule has 2 rings (SSSR count). The van der Waals surface area contributed by atoms with Crippen molar-refractivity contribution in [2.75, 3.05) is 5.75 Å². The highest BCUT2D eigenvalue weighted by Gasteiger charge is 2.40. The van der Waals surface area contributed by atoms with Crippen LogP contribution in [0.25, 0.3) is 0 Å². The summed E-state index contributed by atoms with van der Waals surface area (Å²) in [6, 6.07) is 5.72. The average Bonchev–Trinajstić information content (AvgIpc) is 2.82. The minimum Gasteiger partial charge on any atom is -0.508 e. The molecule has 2 atom stereocenters. The van der Waals surface area contributed by atoms with E-state index in [1.54, 1.807) is 12.1 Å². The number of aromatic hydroxyl groups is 1. The molecule has 0 aromatic heterocycles. The van der Waals surface area contributed by atoms with Crippen molar-refractivity contribution in [1.29, 1.82) is 0 Å². The fraction of sp³-hybridized carbons (Fsp3) is 0.429. The van der Waals surface area contributed by atoms with Gasteiger partial charge in [0.05, 0.1) is 11.8 Å². The number of benzene rings is 1. The van der Waals surface area contributed by atoms with Crippen molar-refractivity contribution in [2.24, 2.45) is 0 Å². The SMILES string of the molecule is CCC1SCC(C(=O)O)N1C(=O)Cc1cccc(O)c1. The second-order valence-electron chi connectivity index (χ2n) is 4.70. The largest absolute Gasteiger partial charge is 0.508 e. The first-order valence-corrected chi connectivity index (χ1v) is 7.51. The Morgan fingerprint density at radius 2 is 2.20 bits per heavy atom. The first kappa shape index (κ1) is 14.7. The number of phenols is 1. The molecule has 1 aliphatic rings. The van der Waals surface area contributed by atoms with E-state index in [4.69, 9.17) is 0 Å². The molecule has 2 unspecified atom stereocenters. The molecule has 1 aromatic rings. The van der Waals surface area contributed by atoms with Gasteiger partial charge in [-0.05, 0) is 24.1 Å². The molecule has 1 amide bonds. The predicted octanol–water partition coefficient (Wildman–Crippen LogP) is 1.70. The van der Waals surface area contributed by atoms with E-state index in [1.165, 1.54) is 28.8 Å². The number of phenolic OH excluding ortho intramolecular Hbond substituents is 1. The normalized spacial score (nSPS) is 21.9. The van der Waals surface area contributed by atoms with Gasteiger partial charge in [-0.25, -0.2) is 4.79 Å².